The zero-order chi connectivity index (χ0) is 13.7. The molecule has 0 atom stereocenters. The van der Waals surface area contributed by atoms with E-state index in [-0.39, 0.29) is 0 Å². The minimum absolute atomic E-state index is 0.743. The lowest BCUT2D eigenvalue weighted by Gasteiger charge is -2.27. The summed E-state index contributed by atoms with van der Waals surface area (Å²) < 4.78 is 5.49. The van der Waals surface area contributed by atoms with Crippen molar-refractivity contribution in [2.75, 3.05) is 14.2 Å². The third kappa shape index (κ3) is 3.97. The Morgan fingerprint density at radius 2 is 1.84 bits per heavy atom. The number of aryl methyl sites for hydroxylation is 1. The van der Waals surface area contributed by atoms with Crippen molar-refractivity contribution < 1.29 is 4.74 Å². The Morgan fingerprint density at radius 1 is 1.16 bits per heavy atom. The first kappa shape index (κ1) is 14.4. The summed E-state index contributed by atoms with van der Waals surface area (Å²) in [7, 11) is 4.03. The van der Waals surface area contributed by atoms with E-state index in [9.17, 15) is 0 Å². The van der Waals surface area contributed by atoms with Crippen LogP contribution in [0, 0.1) is 6.92 Å². The molecule has 0 bridgehead atoms. The average molecular weight is 261 g/mol. The van der Waals surface area contributed by atoms with E-state index in [1.165, 1.54) is 49.7 Å². The summed E-state index contributed by atoms with van der Waals surface area (Å²) in [6.07, 6.45) is 8.31. The normalized spacial score (nSPS) is 17.5. The molecule has 2 nitrogen and oxygen atoms in total. The predicted octanol–water partition coefficient (Wildman–Crippen LogP) is 4.16. The van der Waals surface area contributed by atoms with Gasteiger partial charge in [0, 0.05) is 18.2 Å². The van der Waals surface area contributed by atoms with Gasteiger partial charge < -0.3 is 4.74 Å². The second kappa shape index (κ2) is 6.95. The molecule has 106 valence electrons. The monoisotopic (exact) mass is 261 g/mol. The quantitative estimate of drug-likeness (QED) is 0.755. The largest absolute Gasteiger partial charge is 0.496 e. The van der Waals surface area contributed by atoms with Gasteiger partial charge in [0.2, 0.25) is 0 Å². The molecular formula is C17H27NO. The molecule has 0 radical (unpaired) electrons. The Hall–Kier alpha value is -1.02. The Morgan fingerprint density at radius 3 is 2.47 bits per heavy atom. The summed E-state index contributed by atoms with van der Waals surface area (Å²) in [5.74, 6) is 1.02. The first-order valence-corrected chi connectivity index (χ1v) is 7.54. The summed E-state index contributed by atoms with van der Waals surface area (Å²) in [5.41, 5.74) is 2.62. The van der Waals surface area contributed by atoms with Crippen LogP contribution in [0.1, 0.15) is 49.7 Å². The first-order valence-electron chi connectivity index (χ1n) is 7.54. The molecule has 2 heteroatoms. The minimum Gasteiger partial charge on any atom is -0.496 e. The molecular weight excluding hydrogens is 234 g/mol. The second-order valence-corrected chi connectivity index (χ2v) is 5.88. The number of ether oxygens (including phenoxy) is 1. The number of benzene rings is 1. The molecule has 19 heavy (non-hydrogen) atoms. The van der Waals surface area contributed by atoms with Crippen LogP contribution in [0.3, 0.4) is 0 Å². The van der Waals surface area contributed by atoms with Gasteiger partial charge in [0.05, 0.1) is 7.11 Å². The van der Waals surface area contributed by atoms with Gasteiger partial charge in [-0.15, -0.1) is 0 Å². The van der Waals surface area contributed by atoms with Crippen LogP contribution in [0.4, 0.5) is 0 Å². The zero-order valence-corrected chi connectivity index (χ0v) is 12.6. The highest BCUT2D eigenvalue weighted by molar-refractivity contribution is 5.36. The average Bonchev–Trinajstić information content (AvgIpc) is 2.68. The van der Waals surface area contributed by atoms with Crippen LogP contribution in [0.2, 0.25) is 0 Å². The highest BCUT2D eigenvalue weighted by Crippen LogP contribution is 2.25. The van der Waals surface area contributed by atoms with Gasteiger partial charge in [-0.25, -0.2) is 0 Å². The van der Waals surface area contributed by atoms with E-state index in [4.69, 9.17) is 4.74 Å². The number of hydrogen-bond acceptors (Lipinski definition) is 2. The van der Waals surface area contributed by atoms with E-state index >= 15 is 0 Å². The second-order valence-electron chi connectivity index (χ2n) is 5.88. The van der Waals surface area contributed by atoms with Crippen LogP contribution in [0.15, 0.2) is 18.2 Å². The van der Waals surface area contributed by atoms with Gasteiger partial charge >= 0.3 is 0 Å². The smallest absolute Gasteiger partial charge is 0.123 e. The third-order valence-electron chi connectivity index (χ3n) is 4.30. The van der Waals surface area contributed by atoms with Crippen molar-refractivity contribution in [1.29, 1.82) is 0 Å². The predicted molar refractivity (Wildman–Crippen MR) is 80.7 cm³/mol. The molecule has 1 aromatic carbocycles. The summed E-state index contributed by atoms with van der Waals surface area (Å²) >= 11 is 0. The molecule has 1 saturated carbocycles. The van der Waals surface area contributed by atoms with Gasteiger partial charge in [-0.3, -0.25) is 4.90 Å². The molecule has 0 amide bonds. The maximum atomic E-state index is 5.49. The third-order valence-corrected chi connectivity index (χ3v) is 4.30. The summed E-state index contributed by atoms with van der Waals surface area (Å²) in [4.78, 5) is 2.52. The van der Waals surface area contributed by atoms with Gasteiger partial charge in [-0.2, -0.15) is 0 Å². The van der Waals surface area contributed by atoms with Gasteiger partial charge in [0.15, 0.2) is 0 Å². The van der Waals surface area contributed by atoms with E-state index in [0.29, 0.717) is 0 Å². The minimum atomic E-state index is 0.743. The lowest BCUT2D eigenvalue weighted by Crippen LogP contribution is -2.30. The fraction of sp³-hybridized carbons (Fsp3) is 0.647. The van der Waals surface area contributed by atoms with Crippen molar-refractivity contribution in [3.05, 3.63) is 29.3 Å². The van der Waals surface area contributed by atoms with Gasteiger partial charge in [-0.05, 0) is 32.9 Å². The van der Waals surface area contributed by atoms with Crippen LogP contribution >= 0.6 is 0 Å². The molecule has 0 saturated heterocycles. The fourth-order valence-electron chi connectivity index (χ4n) is 3.13. The Kier molecular flexibility index (Phi) is 5.26. The van der Waals surface area contributed by atoms with Crippen LogP contribution in [0.25, 0.3) is 0 Å². The molecule has 0 unspecified atom stereocenters. The van der Waals surface area contributed by atoms with Crippen LogP contribution in [0.5, 0.6) is 5.75 Å². The maximum absolute atomic E-state index is 5.49. The van der Waals surface area contributed by atoms with Gasteiger partial charge in [-0.1, -0.05) is 43.4 Å². The van der Waals surface area contributed by atoms with E-state index in [0.717, 1.165) is 18.3 Å². The van der Waals surface area contributed by atoms with Crippen LogP contribution in [-0.4, -0.2) is 25.1 Å². The van der Waals surface area contributed by atoms with Crippen molar-refractivity contribution >= 4 is 0 Å². The molecule has 2 rings (SSSR count). The van der Waals surface area contributed by atoms with Gasteiger partial charge in [0.1, 0.15) is 5.75 Å². The van der Waals surface area contributed by atoms with Crippen molar-refractivity contribution in [3.63, 3.8) is 0 Å². The lowest BCUT2D eigenvalue weighted by atomic mass is 10.1. The van der Waals surface area contributed by atoms with Crippen molar-refractivity contribution in [3.8, 4) is 5.75 Å². The molecule has 0 spiro atoms. The molecule has 0 aliphatic heterocycles. The molecule has 0 aromatic heterocycles. The molecule has 1 aromatic rings. The summed E-state index contributed by atoms with van der Waals surface area (Å²) in [6, 6.07) is 7.21. The molecule has 1 aliphatic rings. The standard InChI is InChI=1S/C17H27NO/c1-14-10-11-17(19-3)15(12-14)13-18(2)16-8-6-4-5-7-9-16/h10-12,16H,4-9,13H2,1-3H3. The van der Waals surface area contributed by atoms with E-state index < -0.39 is 0 Å². The van der Waals surface area contributed by atoms with E-state index in [1.807, 2.05) is 0 Å². The molecule has 0 heterocycles. The summed E-state index contributed by atoms with van der Waals surface area (Å²) in [6.45, 7) is 3.14. The zero-order valence-electron chi connectivity index (χ0n) is 12.6. The molecule has 1 aliphatic carbocycles. The van der Waals surface area contributed by atoms with Crippen molar-refractivity contribution in [1.82, 2.24) is 4.90 Å². The SMILES string of the molecule is COc1ccc(C)cc1CN(C)C1CCCCCC1. The Labute approximate surface area is 117 Å². The van der Waals surface area contributed by atoms with E-state index in [2.05, 4.69) is 37.1 Å². The number of nitrogens with zero attached hydrogens (tertiary/aromatic N) is 1. The van der Waals surface area contributed by atoms with E-state index in [1.54, 1.807) is 7.11 Å². The van der Waals surface area contributed by atoms with Crippen molar-refractivity contribution in [2.45, 2.75) is 58.0 Å². The fourth-order valence-corrected chi connectivity index (χ4v) is 3.13. The highest BCUT2D eigenvalue weighted by atomic mass is 16.5. The van der Waals surface area contributed by atoms with Gasteiger partial charge in [0.25, 0.3) is 0 Å². The van der Waals surface area contributed by atoms with Crippen LogP contribution < -0.4 is 4.74 Å². The molecule has 1 fully saturated rings. The number of methoxy groups -OCH3 is 1. The number of rotatable bonds is 4. The Balaban J connectivity index is 2.04. The highest BCUT2D eigenvalue weighted by Gasteiger charge is 2.18. The topological polar surface area (TPSA) is 12.5 Å². The Bertz CT molecular complexity index is 394. The van der Waals surface area contributed by atoms with Crippen LogP contribution in [-0.2, 0) is 6.54 Å². The number of hydrogen-bond donors (Lipinski definition) is 0. The maximum Gasteiger partial charge on any atom is 0.123 e. The molecule has 0 N–H and O–H groups in total. The van der Waals surface area contributed by atoms with Crippen molar-refractivity contribution in [2.24, 2.45) is 0 Å². The lowest BCUT2D eigenvalue weighted by molar-refractivity contribution is 0.210. The first-order chi connectivity index (χ1) is 9.20. The summed E-state index contributed by atoms with van der Waals surface area (Å²) in [5, 5.41) is 0.